The van der Waals surface area contributed by atoms with Crippen LogP contribution in [0.3, 0.4) is 0 Å². The van der Waals surface area contributed by atoms with E-state index in [1.54, 1.807) is 28.8 Å². The highest BCUT2D eigenvalue weighted by atomic mass is 32.2. The standard InChI is InChI=1S/C39H46N2O5S/c1-3-13-32(23-37(43)41-24-34-20-12-11-19-31(34)22-36(41)25-42)38(44)40-35(28-47-27-30-17-9-6-10-18-30)26-46-39(45)33(14-4-2)21-29-15-7-5-8-16-29/h3-12,15-20,32-33,35-36,42H,1-2,13-14,21-28H2,(H,40,44)/t32-,33+,35-,36+/m1/s1. The molecule has 2 amide bonds. The number of ether oxygens (including phenoxy) is 1. The lowest BCUT2D eigenvalue weighted by Gasteiger charge is -2.36. The highest BCUT2D eigenvalue weighted by Crippen LogP contribution is 2.25. The van der Waals surface area contributed by atoms with Gasteiger partial charge in [0.15, 0.2) is 0 Å². The van der Waals surface area contributed by atoms with Crippen LogP contribution in [0.15, 0.2) is 110 Å². The molecular weight excluding hydrogens is 609 g/mol. The van der Waals surface area contributed by atoms with Gasteiger partial charge >= 0.3 is 5.97 Å². The molecule has 0 unspecified atom stereocenters. The van der Waals surface area contributed by atoms with E-state index in [0.29, 0.717) is 38.0 Å². The molecule has 7 nitrogen and oxygen atoms in total. The maximum absolute atomic E-state index is 13.7. The fraction of sp³-hybridized carbons (Fsp3) is 0.359. The summed E-state index contributed by atoms with van der Waals surface area (Å²) in [4.78, 5) is 42.3. The lowest BCUT2D eigenvalue weighted by atomic mass is 9.92. The number of nitrogens with one attached hydrogen (secondary N) is 1. The quantitative estimate of drug-likeness (QED) is 0.131. The maximum atomic E-state index is 13.7. The number of carbonyl (C=O) groups excluding carboxylic acids is 3. The summed E-state index contributed by atoms with van der Waals surface area (Å²) in [6.45, 7) is 7.91. The van der Waals surface area contributed by atoms with E-state index in [1.165, 1.54) is 0 Å². The summed E-state index contributed by atoms with van der Waals surface area (Å²) in [5.74, 6) is -0.590. The zero-order valence-electron chi connectivity index (χ0n) is 27.0. The van der Waals surface area contributed by atoms with E-state index in [0.717, 1.165) is 28.0 Å². The summed E-state index contributed by atoms with van der Waals surface area (Å²) in [6.07, 6.45) is 5.25. The van der Waals surface area contributed by atoms with E-state index >= 15 is 0 Å². The highest BCUT2D eigenvalue weighted by molar-refractivity contribution is 7.98. The van der Waals surface area contributed by atoms with E-state index < -0.39 is 12.0 Å². The maximum Gasteiger partial charge on any atom is 0.309 e. The predicted molar refractivity (Wildman–Crippen MR) is 188 cm³/mol. The number of aliphatic hydroxyl groups excluding tert-OH is 1. The van der Waals surface area contributed by atoms with Gasteiger partial charge in [-0.1, -0.05) is 97.1 Å². The SMILES string of the molecule is C=CC[C@H](CC(=O)N1Cc2ccccc2C[C@H]1CO)C(=O)N[C@H](COC(=O)[C@@H](CC=C)Cc1ccccc1)CSCc1ccccc1. The van der Waals surface area contributed by atoms with Crippen LogP contribution in [0.4, 0.5) is 0 Å². The van der Waals surface area contributed by atoms with Crippen LogP contribution in [0, 0.1) is 11.8 Å². The summed E-state index contributed by atoms with van der Waals surface area (Å²) in [7, 11) is 0. The number of nitrogens with zero attached hydrogens (tertiary/aromatic N) is 1. The Balaban J connectivity index is 1.42. The van der Waals surface area contributed by atoms with Crippen molar-refractivity contribution in [3.63, 3.8) is 0 Å². The van der Waals surface area contributed by atoms with Crippen LogP contribution in [0.2, 0.25) is 0 Å². The third kappa shape index (κ3) is 11.0. The molecule has 248 valence electrons. The van der Waals surface area contributed by atoms with E-state index in [4.69, 9.17) is 4.74 Å². The van der Waals surface area contributed by atoms with Gasteiger partial charge in [-0.3, -0.25) is 14.4 Å². The van der Waals surface area contributed by atoms with Crippen LogP contribution < -0.4 is 5.32 Å². The second-order valence-corrected chi connectivity index (χ2v) is 13.0. The molecule has 0 radical (unpaired) electrons. The summed E-state index contributed by atoms with van der Waals surface area (Å²) in [5, 5.41) is 13.2. The number of thioether (sulfide) groups is 1. The third-order valence-electron chi connectivity index (χ3n) is 8.44. The number of esters is 1. The molecule has 1 heterocycles. The van der Waals surface area contributed by atoms with Crippen LogP contribution in [0.1, 0.15) is 41.5 Å². The molecule has 4 atom stereocenters. The molecular formula is C39H46N2O5S. The number of benzene rings is 3. The molecule has 47 heavy (non-hydrogen) atoms. The minimum absolute atomic E-state index is 0.0129. The molecule has 2 N–H and O–H groups in total. The number of hydrogen-bond acceptors (Lipinski definition) is 6. The molecule has 0 aromatic heterocycles. The van der Waals surface area contributed by atoms with Gasteiger partial charge in [-0.05, 0) is 47.9 Å². The third-order valence-corrected chi connectivity index (χ3v) is 9.62. The normalized spacial score (nSPS) is 15.9. The van der Waals surface area contributed by atoms with Crippen LogP contribution in [0.5, 0.6) is 0 Å². The first-order chi connectivity index (χ1) is 22.9. The molecule has 4 rings (SSSR count). The molecule has 0 saturated carbocycles. The van der Waals surface area contributed by atoms with Crippen molar-refractivity contribution in [2.75, 3.05) is 19.0 Å². The van der Waals surface area contributed by atoms with Crippen LogP contribution in [-0.2, 0) is 44.3 Å². The predicted octanol–water partition coefficient (Wildman–Crippen LogP) is 5.91. The number of amides is 2. The Hall–Kier alpha value is -4.14. The Kier molecular flexibility index (Phi) is 14.3. The number of rotatable bonds is 18. The molecule has 1 aliphatic rings. The van der Waals surface area contributed by atoms with E-state index in [-0.39, 0.29) is 49.4 Å². The molecule has 0 fully saturated rings. The lowest BCUT2D eigenvalue weighted by Crippen LogP contribution is -2.48. The van der Waals surface area contributed by atoms with Gasteiger partial charge in [0.25, 0.3) is 0 Å². The van der Waals surface area contributed by atoms with Crippen LogP contribution in [-0.4, -0.2) is 58.8 Å². The Labute approximate surface area is 283 Å². The second-order valence-electron chi connectivity index (χ2n) is 12.0. The average Bonchev–Trinajstić information content (AvgIpc) is 3.10. The van der Waals surface area contributed by atoms with Crippen molar-refractivity contribution in [3.05, 3.63) is 132 Å². The van der Waals surface area contributed by atoms with Crippen molar-refractivity contribution in [3.8, 4) is 0 Å². The molecule has 0 saturated heterocycles. The van der Waals surface area contributed by atoms with Gasteiger partial charge in [-0.25, -0.2) is 0 Å². The van der Waals surface area contributed by atoms with Crippen molar-refractivity contribution in [2.45, 2.75) is 56.5 Å². The molecule has 0 spiro atoms. The monoisotopic (exact) mass is 654 g/mol. The van der Waals surface area contributed by atoms with Gasteiger partial charge in [0.1, 0.15) is 6.61 Å². The Morgan fingerprint density at radius 2 is 1.51 bits per heavy atom. The van der Waals surface area contributed by atoms with Gasteiger partial charge in [0.05, 0.1) is 30.5 Å². The first-order valence-corrected chi connectivity index (χ1v) is 17.4. The first-order valence-electron chi connectivity index (χ1n) is 16.2. The van der Waals surface area contributed by atoms with E-state index in [1.807, 2.05) is 72.8 Å². The van der Waals surface area contributed by atoms with E-state index in [2.05, 4.69) is 30.6 Å². The topological polar surface area (TPSA) is 95.9 Å². The van der Waals surface area contributed by atoms with E-state index in [9.17, 15) is 19.5 Å². The lowest BCUT2D eigenvalue weighted by molar-refractivity contribution is -0.149. The number of aliphatic hydroxyl groups is 1. The fourth-order valence-electron chi connectivity index (χ4n) is 5.86. The molecule has 3 aromatic carbocycles. The van der Waals surface area contributed by atoms with Crippen LogP contribution in [0.25, 0.3) is 0 Å². The van der Waals surface area contributed by atoms with Crippen molar-refractivity contribution in [1.82, 2.24) is 10.2 Å². The van der Waals surface area contributed by atoms with Gasteiger partial charge < -0.3 is 20.1 Å². The van der Waals surface area contributed by atoms with Gasteiger partial charge in [0, 0.05) is 24.5 Å². The summed E-state index contributed by atoms with van der Waals surface area (Å²) < 4.78 is 5.83. The summed E-state index contributed by atoms with van der Waals surface area (Å²) in [6, 6.07) is 27.0. The van der Waals surface area contributed by atoms with Crippen molar-refractivity contribution >= 4 is 29.5 Å². The zero-order chi connectivity index (χ0) is 33.4. The first kappa shape index (κ1) is 35.7. The molecule has 3 aromatic rings. The van der Waals surface area contributed by atoms with Crippen molar-refractivity contribution < 1.29 is 24.2 Å². The minimum atomic E-state index is -0.652. The average molecular weight is 655 g/mol. The van der Waals surface area contributed by atoms with Gasteiger partial charge in [-0.15, -0.1) is 13.2 Å². The number of fused-ring (bicyclic) bond motifs is 1. The van der Waals surface area contributed by atoms with Crippen molar-refractivity contribution in [1.29, 1.82) is 0 Å². The molecule has 0 aliphatic carbocycles. The van der Waals surface area contributed by atoms with Gasteiger partial charge in [-0.2, -0.15) is 11.8 Å². The highest BCUT2D eigenvalue weighted by Gasteiger charge is 2.32. The van der Waals surface area contributed by atoms with Gasteiger partial charge in [0.2, 0.25) is 11.8 Å². The smallest absolute Gasteiger partial charge is 0.309 e. The summed E-state index contributed by atoms with van der Waals surface area (Å²) in [5.41, 5.74) is 4.37. The molecule has 1 aliphatic heterocycles. The number of hydrogen-bond donors (Lipinski definition) is 2. The number of allylic oxidation sites excluding steroid dienone is 2. The Bertz CT molecular complexity index is 1460. The Morgan fingerprint density at radius 1 is 0.894 bits per heavy atom. The van der Waals surface area contributed by atoms with Crippen molar-refractivity contribution in [2.24, 2.45) is 11.8 Å². The largest absolute Gasteiger partial charge is 0.463 e. The summed E-state index contributed by atoms with van der Waals surface area (Å²) >= 11 is 1.64. The van der Waals surface area contributed by atoms with Crippen LogP contribution >= 0.6 is 11.8 Å². The fourth-order valence-corrected chi connectivity index (χ4v) is 6.87. The number of carbonyl (C=O) groups is 3. The molecule has 8 heteroatoms. The minimum Gasteiger partial charge on any atom is -0.463 e. The Morgan fingerprint density at radius 3 is 2.17 bits per heavy atom. The zero-order valence-corrected chi connectivity index (χ0v) is 27.8. The molecule has 0 bridgehead atoms. The second kappa shape index (κ2) is 18.9.